The van der Waals surface area contributed by atoms with Crippen molar-refractivity contribution in [1.82, 2.24) is 0 Å². The number of alkyl halides is 1. The summed E-state index contributed by atoms with van der Waals surface area (Å²) in [5, 5.41) is 0. The van der Waals surface area contributed by atoms with Crippen LogP contribution in [0.2, 0.25) is 0 Å². The molecule has 0 radical (unpaired) electrons. The van der Waals surface area contributed by atoms with E-state index in [0.717, 1.165) is 11.5 Å². The van der Waals surface area contributed by atoms with Gasteiger partial charge in [0.15, 0.2) is 5.78 Å². The smallest absolute Gasteiger partial charge is 0.177 e. The Bertz CT molecular complexity index is 402. The van der Waals surface area contributed by atoms with E-state index in [2.05, 4.69) is 19.1 Å². The largest absolute Gasteiger partial charge is 0.293 e. The molecule has 1 aliphatic carbocycles. The van der Waals surface area contributed by atoms with Gasteiger partial charge in [-0.2, -0.15) is 0 Å². The standard InChI is InChI=1S/C17H23ClO/c1-2-3-13-4-6-14(7-5-13)15-8-10-16(11-9-15)17(19)12-18/h8-11,13-14H,2-7,12H2,1H3/t13-,14-. The van der Waals surface area contributed by atoms with E-state index in [4.69, 9.17) is 11.6 Å². The van der Waals surface area contributed by atoms with E-state index in [1.807, 2.05) is 12.1 Å². The predicted molar refractivity (Wildman–Crippen MR) is 81.1 cm³/mol. The van der Waals surface area contributed by atoms with E-state index < -0.39 is 0 Å². The average molecular weight is 279 g/mol. The minimum atomic E-state index is 0.0138. The molecule has 1 aliphatic rings. The second-order valence-electron chi connectivity index (χ2n) is 5.69. The predicted octanol–water partition coefficient (Wildman–Crippen LogP) is 5.18. The molecule has 0 N–H and O–H groups in total. The third-order valence-corrected chi connectivity index (χ3v) is 4.61. The van der Waals surface area contributed by atoms with Gasteiger partial charge in [0.2, 0.25) is 0 Å². The van der Waals surface area contributed by atoms with Crippen LogP contribution in [0, 0.1) is 5.92 Å². The third-order valence-electron chi connectivity index (χ3n) is 4.37. The van der Waals surface area contributed by atoms with Crippen molar-refractivity contribution in [1.29, 1.82) is 0 Å². The van der Waals surface area contributed by atoms with Crippen LogP contribution in [0.3, 0.4) is 0 Å². The number of benzene rings is 1. The Hall–Kier alpha value is -0.820. The summed E-state index contributed by atoms with van der Waals surface area (Å²) in [7, 11) is 0. The first-order chi connectivity index (χ1) is 9.24. The molecule has 1 fully saturated rings. The number of hydrogen-bond donors (Lipinski definition) is 0. The summed E-state index contributed by atoms with van der Waals surface area (Å²) >= 11 is 5.57. The molecule has 0 aromatic heterocycles. The maximum absolute atomic E-state index is 11.5. The topological polar surface area (TPSA) is 17.1 Å². The van der Waals surface area contributed by atoms with Gasteiger partial charge in [0.1, 0.15) is 0 Å². The third kappa shape index (κ3) is 3.82. The van der Waals surface area contributed by atoms with E-state index in [-0.39, 0.29) is 11.7 Å². The van der Waals surface area contributed by atoms with E-state index >= 15 is 0 Å². The SMILES string of the molecule is CCC[C@H]1CC[C@H](c2ccc(C(=O)CCl)cc2)CC1. The van der Waals surface area contributed by atoms with Gasteiger partial charge in [-0.15, -0.1) is 11.6 Å². The lowest BCUT2D eigenvalue weighted by atomic mass is 9.77. The van der Waals surface area contributed by atoms with Crippen molar-refractivity contribution in [2.24, 2.45) is 5.92 Å². The molecule has 0 unspecified atom stereocenters. The zero-order valence-corrected chi connectivity index (χ0v) is 12.5. The molecule has 0 spiro atoms. The Morgan fingerprint density at radius 1 is 1.16 bits per heavy atom. The molecule has 2 heteroatoms. The number of carbonyl (C=O) groups is 1. The summed E-state index contributed by atoms with van der Waals surface area (Å²) in [5.41, 5.74) is 2.12. The monoisotopic (exact) mass is 278 g/mol. The Kier molecular flexibility index (Phi) is 5.45. The van der Waals surface area contributed by atoms with Gasteiger partial charge in [-0.05, 0) is 43.1 Å². The van der Waals surface area contributed by atoms with Crippen LogP contribution in [-0.4, -0.2) is 11.7 Å². The van der Waals surface area contributed by atoms with Crippen molar-refractivity contribution in [3.8, 4) is 0 Å². The van der Waals surface area contributed by atoms with Crippen LogP contribution in [0.25, 0.3) is 0 Å². The van der Waals surface area contributed by atoms with Crippen LogP contribution < -0.4 is 0 Å². The summed E-state index contributed by atoms with van der Waals surface area (Å²) in [4.78, 5) is 11.5. The molecule has 0 aliphatic heterocycles. The molecule has 0 amide bonds. The fraction of sp³-hybridized carbons (Fsp3) is 0.588. The highest BCUT2D eigenvalue weighted by Gasteiger charge is 2.21. The number of ketones is 1. The quantitative estimate of drug-likeness (QED) is 0.536. The average Bonchev–Trinajstić information content (AvgIpc) is 2.48. The van der Waals surface area contributed by atoms with Gasteiger partial charge in [-0.3, -0.25) is 4.79 Å². The van der Waals surface area contributed by atoms with Crippen LogP contribution in [-0.2, 0) is 0 Å². The van der Waals surface area contributed by atoms with Crippen LogP contribution in [0.5, 0.6) is 0 Å². The lowest BCUT2D eigenvalue weighted by Crippen LogP contribution is -2.13. The maximum atomic E-state index is 11.5. The van der Waals surface area contributed by atoms with Crippen molar-refractivity contribution < 1.29 is 4.79 Å². The van der Waals surface area contributed by atoms with Gasteiger partial charge in [-0.25, -0.2) is 0 Å². The Balaban J connectivity index is 1.94. The highest BCUT2D eigenvalue weighted by atomic mass is 35.5. The second kappa shape index (κ2) is 7.09. The lowest BCUT2D eigenvalue weighted by Gasteiger charge is -2.28. The Morgan fingerprint density at radius 2 is 1.79 bits per heavy atom. The Morgan fingerprint density at radius 3 is 2.32 bits per heavy atom. The van der Waals surface area contributed by atoms with E-state index in [1.54, 1.807) is 0 Å². The first-order valence-electron chi connectivity index (χ1n) is 7.43. The molecule has 0 heterocycles. The van der Waals surface area contributed by atoms with Crippen molar-refractivity contribution in [3.63, 3.8) is 0 Å². The van der Waals surface area contributed by atoms with Gasteiger partial charge in [-0.1, -0.05) is 44.0 Å². The van der Waals surface area contributed by atoms with Gasteiger partial charge >= 0.3 is 0 Å². The number of carbonyl (C=O) groups excluding carboxylic acids is 1. The molecule has 1 aromatic rings. The molecular formula is C17H23ClO. The van der Waals surface area contributed by atoms with Crippen LogP contribution in [0.1, 0.15) is 67.3 Å². The van der Waals surface area contributed by atoms with Gasteiger partial charge in [0, 0.05) is 5.56 Å². The number of hydrogen-bond acceptors (Lipinski definition) is 1. The first-order valence-corrected chi connectivity index (χ1v) is 7.97. The molecule has 1 nitrogen and oxygen atoms in total. The molecule has 0 bridgehead atoms. The van der Waals surface area contributed by atoms with Crippen molar-refractivity contribution in [3.05, 3.63) is 35.4 Å². The Labute approximate surface area is 121 Å². The summed E-state index contributed by atoms with van der Waals surface area (Å²) in [6, 6.07) is 8.09. The molecule has 19 heavy (non-hydrogen) atoms. The summed E-state index contributed by atoms with van der Waals surface area (Å²) < 4.78 is 0. The van der Waals surface area contributed by atoms with E-state index in [9.17, 15) is 4.79 Å². The first kappa shape index (κ1) is 14.6. The molecular weight excluding hydrogens is 256 g/mol. The highest BCUT2D eigenvalue weighted by Crippen LogP contribution is 2.37. The number of Topliss-reactive ketones (excluding diaryl/α,β-unsaturated/α-hetero) is 1. The van der Waals surface area contributed by atoms with Gasteiger partial charge < -0.3 is 0 Å². The summed E-state index contributed by atoms with van der Waals surface area (Å²) in [6.45, 7) is 2.28. The fourth-order valence-corrected chi connectivity index (χ4v) is 3.37. The highest BCUT2D eigenvalue weighted by molar-refractivity contribution is 6.30. The van der Waals surface area contributed by atoms with Crippen LogP contribution >= 0.6 is 11.6 Å². The van der Waals surface area contributed by atoms with E-state index in [1.165, 1.54) is 44.1 Å². The zero-order chi connectivity index (χ0) is 13.7. The van der Waals surface area contributed by atoms with Gasteiger partial charge in [0.05, 0.1) is 5.88 Å². The molecule has 2 rings (SSSR count). The minimum Gasteiger partial charge on any atom is -0.293 e. The lowest BCUT2D eigenvalue weighted by molar-refractivity contribution is 0.102. The molecule has 0 saturated heterocycles. The molecule has 104 valence electrons. The van der Waals surface area contributed by atoms with Gasteiger partial charge in [0.25, 0.3) is 0 Å². The number of rotatable bonds is 5. The molecule has 1 saturated carbocycles. The summed E-state index contributed by atoms with van der Waals surface area (Å²) in [6.07, 6.45) is 8.02. The molecule has 0 atom stereocenters. The molecule has 1 aromatic carbocycles. The van der Waals surface area contributed by atoms with Crippen molar-refractivity contribution in [2.45, 2.75) is 51.4 Å². The van der Waals surface area contributed by atoms with E-state index in [0.29, 0.717) is 5.92 Å². The van der Waals surface area contributed by atoms with Crippen molar-refractivity contribution in [2.75, 3.05) is 5.88 Å². The second-order valence-corrected chi connectivity index (χ2v) is 5.95. The number of halogens is 1. The zero-order valence-electron chi connectivity index (χ0n) is 11.7. The summed E-state index contributed by atoms with van der Waals surface area (Å²) in [5.74, 6) is 1.72. The maximum Gasteiger partial charge on any atom is 0.177 e. The van der Waals surface area contributed by atoms with Crippen LogP contribution in [0.15, 0.2) is 24.3 Å². The minimum absolute atomic E-state index is 0.0138. The normalized spacial score (nSPS) is 23.3. The van der Waals surface area contributed by atoms with Crippen LogP contribution in [0.4, 0.5) is 0 Å². The van der Waals surface area contributed by atoms with Crippen molar-refractivity contribution >= 4 is 17.4 Å². The fourth-order valence-electron chi connectivity index (χ4n) is 3.21.